The zero-order chi connectivity index (χ0) is 42.1. The molecule has 0 saturated heterocycles. The average molecular weight is 836 g/mol. The highest BCUT2D eigenvalue weighted by molar-refractivity contribution is 7.26. The Morgan fingerprint density at radius 3 is 1.28 bits per heavy atom. The van der Waals surface area contributed by atoms with Crippen LogP contribution in [0.4, 0.5) is 17.1 Å². The number of anilines is 3. The van der Waals surface area contributed by atoms with Crippen LogP contribution in [0.2, 0.25) is 0 Å². The van der Waals surface area contributed by atoms with Gasteiger partial charge in [-0.3, -0.25) is 0 Å². The molecular weight excluding hydrogens is 799 g/mol. The fourth-order valence-electron chi connectivity index (χ4n) is 9.67. The molecule has 0 N–H and O–H groups in total. The summed E-state index contributed by atoms with van der Waals surface area (Å²) in [5.74, 6) is 0. The van der Waals surface area contributed by atoms with Gasteiger partial charge in [-0.2, -0.15) is 0 Å². The highest BCUT2D eigenvalue weighted by Crippen LogP contribution is 2.46. The van der Waals surface area contributed by atoms with Crippen molar-refractivity contribution < 1.29 is 8.83 Å². The maximum atomic E-state index is 6.80. The number of hydrogen-bond donors (Lipinski definition) is 0. The molecule has 0 aliphatic rings. The number of thiophene rings is 1. The zero-order valence-corrected chi connectivity index (χ0v) is 35.4. The van der Waals surface area contributed by atoms with Crippen LogP contribution in [0.15, 0.2) is 233 Å². The van der Waals surface area contributed by atoms with Crippen molar-refractivity contribution in [2.45, 2.75) is 0 Å². The Bertz CT molecular complexity index is 3680. The molecule has 3 aromatic heterocycles. The van der Waals surface area contributed by atoms with Gasteiger partial charge in [-0.15, -0.1) is 11.3 Å². The SMILES string of the molecule is c1ccc(-c2cccc3c2oc2c(-c4ccc(N(c5ccc(-c6cccc7c6sc6c(-c8ccccc8)cccc67)cc5)c5ccc6c(c5)oc5ccccc56)cc4)cccc23)cc1. The first-order valence-corrected chi connectivity index (χ1v) is 22.5. The van der Waals surface area contributed by atoms with Crippen molar-refractivity contribution in [3.05, 3.63) is 224 Å². The molecule has 0 saturated carbocycles. The average Bonchev–Trinajstić information content (AvgIpc) is 4.06. The number of hydrogen-bond acceptors (Lipinski definition) is 4. The van der Waals surface area contributed by atoms with E-state index < -0.39 is 0 Å². The summed E-state index contributed by atoms with van der Waals surface area (Å²) < 4.78 is 15.9. The Morgan fingerprint density at radius 1 is 0.281 bits per heavy atom. The molecule has 64 heavy (non-hydrogen) atoms. The monoisotopic (exact) mass is 835 g/mol. The minimum absolute atomic E-state index is 0.856. The molecule has 0 bridgehead atoms. The molecule has 10 aromatic carbocycles. The molecule has 0 amide bonds. The third-order valence-electron chi connectivity index (χ3n) is 12.7. The quantitative estimate of drug-likeness (QED) is 0.160. The summed E-state index contributed by atoms with van der Waals surface area (Å²) in [7, 11) is 0. The van der Waals surface area contributed by atoms with Crippen LogP contribution in [0.5, 0.6) is 0 Å². The van der Waals surface area contributed by atoms with E-state index in [1.54, 1.807) is 0 Å². The molecule has 0 atom stereocenters. The molecule has 0 unspecified atom stereocenters. The first-order valence-electron chi connectivity index (χ1n) is 21.7. The van der Waals surface area contributed by atoms with Crippen molar-refractivity contribution in [3.63, 3.8) is 0 Å². The number of para-hydroxylation sites is 3. The second-order valence-corrected chi connectivity index (χ2v) is 17.4. The molecule has 0 radical (unpaired) electrons. The van der Waals surface area contributed by atoms with Gasteiger partial charge >= 0.3 is 0 Å². The molecule has 0 aliphatic heterocycles. The first-order chi connectivity index (χ1) is 31.7. The van der Waals surface area contributed by atoms with E-state index in [4.69, 9.17) is 8.83 Å². The van der Waals surface area contributed by atoms with Crippen molar-refractivity contribution >= 4 is 92.4 Å². The van der Waals surface area contributed by atoms with Crippen molar-refractivity contribution in [2.75, 3.05) is 4.90 Å². The summed E-state index contributed by atoms with van der Waals surface area (Å²) in [4.78, 5) is 2.32. The smallest absolute Gasteiger partial charge is 0.143 e. The maximum absolute atomic E-state index is 6.80. The molecule has 0 spiro atoms. The van der Waals surface area contributed by atoms with Crippen LogP contribution in [0.1, 0.15) is 0 Å². The molecule has 3 nitrogen and oxygen atoms in total. The van der Waals surface area contributed by atoms with E-state index in [2.05, 4.69) is 211 Å². The van der Waals surface area contributed by atoms with Crippen LogP contribution in [-0.4, -0.2) is 0 Å². The lowest BCUT2D eigenvalue weighted by molar-refractivity contribution is 0.669. The number of nitrogens with zero attached hydrogens (tertiary/aromatic N) is 1. The lowest BCUT2D eigenvalue weighted by atomic mass is 9.99. The number of benzene rings is 10. The third kappa shape index (κ3) is 5.88. The van der Waals surface area contributed by atoms with Gasteiger partial charge in [0.2, 0.25) is 0 Å². The van der Waals surface area contributed by atoms with Gasteiger partial charge in [0.15, 0.2) is 0 Å². The zero-order valence-electron chi connectivity index (χ0n) is 34.5. The van der Waals surface area contributed by atoms with Gasteiger partial charge in [-0.25, -0.2) is 0 Å². The molecule has 13 rings (SSSR count). The van der Waals surface area contributed by atoms with Crippen molar-refractivity contribution in [1.82, 2.24) is 0 Å². The molecule has 0 aliphatic carbocycles. The van der Waals surface area contributed by atoms with Crippen LogP contribution in [0.25, 0.3) is 109 Å². The minimum atomic E-state index is 0.856. The fraction of sp³-hybridized carbons (Fsp3) is 0. The van der Waals surface area contributed by atoms with Gasteiger partial charge in [0, 0.05) is 76.0 Å². The number of furan rings is 2. The standard InChI is InChI=1S/C60H37NO2S/c1-3-13-38(14-4-1)45-18-9-22-51-52-23-10-19-46(58(52)63-57(45)51)40-27-31-42(32-28-40)61(44-35-36-50-49-17-7-8-26-55(49)62-56(50)37-44)43-33-29-41(30-34-43)48-21-12-25-54-53-24-11-20-47(59(53)64-60(48)54)39-15-5-2-6-16-39/h1-37H. The minimum Gasteiger partial charge on any atom is -0.456 e. The van der Waals surface area contributed by atoms with Crippen LogP contribution in [0.3, 0.4) is 0 Å². The van der Waals surface area contributed by atoms with Crippen LogP contribution < -0.4 is 4.90 Å². The lowest BCUT2D eigenvalue weighted by Gasteiger charge is -2.26. The predicted molar refractivity (Wildman–Crippen MR) is 270 cm³/mol. The Hall–Kier alpha value is -8.18. The summed E-state index contributed by atoms with van der Waals surface area (Å²) in [5.41, 5.74) is 16.0. The molecule has 13 aromatic rings. The van der Waals surface area contributed by atoms with E-state index >= 15 is 0 Å². The van der Waals surface area contributed by atoms with Gasteiger partial charge < -0.3 is 13.7 Å². The van der Waals surface area contributed by atoms with E-state index in [9.17, 15) is 0 Å². The Kier molecular flexibility index (Phi) is 8.40. The highest BCUT2D eigenvalue weighted by Gasteiger charge is 2.20. The van der Waals surface area contributed by atoms with Crippen LogP contribution >= 0.6 is 11.3 Å². The number of fused-ring (bicyclic) bond motifs is 9. The fourth-order valence-corrected chi connectivity index (χ4v) is 11.0. The summed E-state index contributed by atoms with van der Waals surface area (Å²) >= 11 is 1.88. The van der Waals surface area contributed by atoms with Crippen LogP contribution in [0, 0.1) is 0 Å². The summed E-state index contributed by atoms with van der Waals surface area (Å²) in [6.07, 6.45) is 0. The van der Waals surface area contributed by atoms with E-state index in [0.717, 1.165) is 83.2 Å². The number of rotatable bonds is 7. The summed E-state index contributed by atoms with van der Waals surface area (Å²) in [6.45, 7) is 0. The highest BCUT2D eigenvalue weighted by atomic mass is 32.1. The topological polar surface area (TPSA) is 29.5 Å². The molecule has 300 valence electrons. The van der Waals surface area contributed by atoms with Crippen molar-refractivity contribution in [1.29, 1.82) is 0 Å². The van der Waals surface area contributed by atoms with Gasteiger partial charge in [0.05, 0.1) is 0 Å². The van der Waals surface area contributed by atoms with Crippen LogP contribution in [-0.2, 0) is 0 Å². The van der Waals surface area contributed by atoms with Gasteiger partial charge in [0.1, 0.15) is 22.3 Å². The lowest BCUT2D eigenvalue weighted by Crippen LogP contribution is -2.09. The van der Waals surface area contributed by atoms with E-state index in [1.165, 1.54) is 42.4 Å². The molecule has 4 heteroatoms. The molecule has 0 fully saturated rings. The van der Waals surface area contributed by atoms with E-state index in [0.29, 0.717) is 0 Å². The summed E-state index contributed by atoms with van der Waals surface area (Å²) in [6, 6.07) is 80.1. The largest absolute Gasteiger partial charge is 0.456 e. The van der Waals surface area contributed by atoms with E-state index in [-0.39, 0.29) is 0 Å². The molecule has 3 heterocycles. The van der Waals surface area contributed by atoms with Crippen molar-refractivity contribution in [3.8, 4) is 44.5 Å². The normalized spacial score (nSPS) is 11.8. The predicted octanol–water partition coefficient (Wildman–Crippen LogP) is 18.0. The summed E-state index contributed by atoms with van der Waals surface area (Å²) in [5, 5.41) is 7.03. The Balaban J connectivity index is 0.916. The second kappa shape index (κ2) is 14.7. The molecular formula is C60H37NO2S. The van der Waals surface area contributed by atoms with Gasteiger partial charge in [-0.1, -0.05) is 176 Å². The van der Waals surface area contributed by atoms with Gasteiger partial charge in [0.25, 0.3) is 0 Å². The van der Waals surface area contributed by atoms with Crippen molar-refractivity contribution in [2.24, 2.45) is 0 Å². The first kappa shape index (κ1) is 36.5. The van der Waals surface area contributed by atoms with E-state index in [1.807, 2.05) is 29.5 Å². The Labute approximate surface area is 373 Å². The van der Waals surface area contributed by atoms with Gasteiger partial charge in [-0.05, 0) is 75.8 Å². The third-order valence-corrected chi connectivity index (χ3v) is 14.0. The maximum Gasteiger partial charge on any atom is 0.143 e. The second-order valence-electron chi connectivity index (χ2n) is 16.4. The Morgan fingerprint density at radius 2 is 0.703 bits per heavy atom.